The Morgan fingerprint density at radius 3 is 1.96 bits per heavy atom. The van der Waals surface area contributed by atoms with Crippen molar-refractivity contribution in [1.82, 2.24) is 0 Å². The number of esters is 2. The molecule has 2 N–H and O–H groups in total. The Hall–Kier alpha value is -2.75. The van der Waals surface area contributed by atoms with Crippen molar-refractivity contribution >= 4 is 40.8 Å². The number of para-hydroxylation sites is 1. The highest BCUT2D eigenvalue weighted by atomic mass is 35.5. The number of nitrogens with two attached hydrogens (primary N) is 1. The molecule has 0 amide bonds. The van der Waals surface area contributed by atoms with Gasteiger partial charge in [0.25, 0.3) is 0 Å². The third-order valence-electron chi connectivity index (χ3n) is 2.99. The second-order valence-corrected chi connectivity index (χ2v) is 5.27. The zero-order chi connectivity index (χ0) is 19.0. The molecule has 25 heavy (non-hydrogen) atoms. The minimum absolute atomic E-state index is 0.149. The van der Waals surface area contributed by atoms with Crippen LogP contribution in [0.25, 0.3) is 0 Å². The molecule has 0 unspecified atom stereocenters. The Bertz CT molecular complexity index is 832. The molecule has 0 radical (unpaired) electrons. The number of nitrogen functional groups attached to an aromatic ring is 1. The third-order valence-corrected chi connectivity index (χ3v) is 3.63. The van der Waals surface area contributed by atoms with Gasteiger partial charge in [0.05, 0.1) is 46.6 Å². The van der Waals surface area contributed by atoms with E-state index >= 15 is 0 Å². The van der Waals surface area contributed by atoms with E-state index in [2.05, 4.69) is 9.47 Å². The van der Waals surface area contributed by atoms with Crippen molar-refractivity contribution in [2.24, 2.45) is 0 Å². The molecule has 0 saturated carbocycles. The molecule has 8 heteroatoms. The number of hydrogen-bond donors (Lipinski definition) is 1. The summed E-state index contributed by atoms with van der Waals surface area (Å²) in [7, 11) is 2.55. The maximum Gasteiger partial charge on any atom is 0.340 e. The van der Waals surface area contributed by atoms with Gasteiger partial charge in [-0.3, -0.25) is 0 Å². The lowest BCUT2D eigenvalue weighted by Crippen LogP contribution is -2.05. The first-order valence-corrected chi connectivity index (χ1v) is 7.52. The van der Waals surface area contributed by atoms with Crippen molar-refractivity contribution in [3.8, 4) is 6.07 Å². The molecular weight excluding hydrogens is 367 g/mol. The molecule has 0 heterocycles. The number of anilines is 1. The molecule has 0 bridgehead atoms. The second-order valence-electron chi connectivity index (χ2n) is 4.46. The Kier molecular flexibility index (Phi) is 7.73. The lowest BCUT2D eigenvalue weighted by molar-refractivity contribution is 0.0592. The van der Waals surface area contributed by atoms with E-state index in [9.17, 15) is 9.59 Å². The van der Waals surface area contributed by atoms with Crippen molar-refractivity contribution in [2.45, 2.75) is 0 Å². The van der Waals surface area contributed by atoms with Crippen LogP contribution in [0, 0.1) is 11.3 Å². The van der Waals surface area contributed by atoms with Crippen LogP contribution in [0.5, 0.6) is 0 Å². The normalized spacial score (nSPS) is 9.24. The van der Waals surface area contributed by atoms with Gasteiger partial charge < -0.3 is 15.2 Å². The number of halogens is 2. The van der Waals surface area contributed by atoms with Gasteiger partial charge in [-0.2, -0.15) is 5.26 Å². The number of nitriles is 1. The zero-order valence-corrected chi connectivity index (χ0v) is 14.9. The molecule has 130 valence electrons. The van der Waals surface area contributed by atoms with Gasteiger partial charge in [-0.05, 0) is 24.3 Å². The minimum atomic E-state index is -0.556. The first-order valence-electron chi connectivity index (χ1n) is 6.76. The van der Waals surface area contributed by atoms with Gasteiger partial charge in [0, 0.05) is 0 Å². The third kappa shape index (κ3) is 5.11. The van der Waals surface area contributed by atoms with Crippen LogP contribution in [-0.4, -0.2) is 26.2 Å². The number of ether oxygens (including phenoxy) is 2. The predicted octanol–water partition coefficient (Wildman–Crippen LogP) is 3.71. The van der Waals surface area contributed by atoms with E-state index in [1.807, 2.05) is 6.07 Å². The number of benzene rings is 2. The summed E-state index contributed by atoms with van der Waals surface area (Å²) < 4.78 is 8.98. The van der Waals surface area contributed by atoms with Crippen LogP contribution in [0.4, 0.5) is 5.69 Å². The number of carbonyl (C=O) groups is 2. The fourth-order valence-corrected chi connectivity index (χ4v) is 2.13. The van der Waals surface area contributed by atoms with Crippen LogP contribution in [0.1, 0.15) is 26.3 Å². The number of carbonyl (C=O) groups excluding carboxylic acids is 2. The van der Waals surface area contributed by atoms with Gasteiger partial charge in [0.15, 0.2) is 0 Å². The maximum atomic E-state index is 11.1. The van der Waals surface area contributed by atoms with E-state index in [1.165, 1.54) is 20.3 Å². The van der Waals surface area contributed by atoms with E-state index in [0.717, 1.165) is 0 Å². The topological polar surface area (TPSA) is 102 Å². The van der Waals surface area contributed by atoms with E-state index in [4.69, 9.17) is 34.2 Å². The fourth-order valence-electron chi connectivity index (χ4n) is 1.74. The number of nitrogens with zero attached hydrogens (tertiary/aromatic N) is 1. The summed E-state index contributed by atoms with van der Waals surface area (Å²) in [5.41, 5.74) is 6.42. The Morgan fingerprint density at radius 1 is 0.960 bits per heavy atom. The summed E-state index contributed by atoms with van der Waals surface area (Å²) in [5, 5.41) is 9.32. The molecule has 0 aromatic heterocycles. The van der Waals surface area contributed by atoms with Crippen LogP contribution in [0.3, 0.4) is 0 Å². The molecule has 0 spiro atoms. The first-order chi connectivity index (χ1) is 11.9. The monoisotopic (exact) mass is 380 g/mol. The summed E-state index contributed by atoms with van der Waals surface area (Å²) in [6.45, 7) is 0. The molecule has 2 aromatic carbocycles. The Balaban J connectivity index is 0.000000251. The van der Waals surface area contributed by atoms with Gasteiger partial charge in [-0.1, -0.05) is 35.3 Å². The zero-order valence-electron chi connectivity index (χ0n) is 13.4. The van der Waals surface area contributed by atoms with E-state index in [0.29, 0.717) is 10.6 Å². The summed E-state index contributed by atoms with van der Waals surface area (Å²) in [6.07, 6.45) is 0. The molecule has 0 fully saturated rings. The first kappa shape index (κ1) is 20.3. The quantitative estimate of drug-likeness (QED) is 0.629. The van der Waals surface area contributed by atoms with Crippen LogP contribution in [0.15, 0.2) is 36.4 Å². The summed E-state index contributed by atoms with van der Waals surface area (Å²) in [4.78, 5) is 22.1. The summed E-state index contributed by atoms with van der Waals surface area (Å²) in [6, 6.07) is 11.3. The molecule has 0 aliphatic carbocycles. The largest absolute Gasteiger partial charge is 0.465 e. The highest BCUT2D eigenvalue weighted by Gasteiger charge is 2.13. The maximum absolute atomic E-state index is 11.1. The van der Waals surface area contributed by atoms with Gasteiger partial charge in [0.1, 0.15) is 6.07 Å². The molecule has 0 aliphatic heterocycles. The highest BCUT2D eigenvalue weighted by Crippen LogP contribution is 2.22. The van der Waals surface area contributed by atoms with Crippen LogP contribution >= 0.6 is 23.2 Å². The average molecular weight is 381 g/mol. The van der Waals surface area contributed by atoms with E-state index in [-0.39, 0.29) is 21.8 Å². The van der Waals surface area contributed by atoms with Gasteiger partial charge in [0.2, 0.25) is 0 Å². The van der Waals surface area contributed by atoms with Crippen molar-refractivity contribution < 1.29 is 19.1 Å². The van der Waals surface area contributed by atoms with Crippen LogP contribution < -0.4 is 5.73 Å². The minimum Gasteiger partial charge on any atom is -0.465 e. The molecule has 2 rings (SSSR count). The molecule has 0 aliphatic rings. The van der Waals surface area contributed by atoms with Crippen molar-refractivity contribution in [3.63, 3.8) is 0 Å². The highest BCUT2D eigenvalue weighted by molar-refractivity contribution is 6.33. The fraction of sp³-hybridized carbons (Fsp3) is 0.118. The predicted molar refractivity (Wildman–Crippen MR) is 94.7 cm³/mol. The van der Waals surface area contributed by atoms with Gasteiger partial charge in [-0.15, -0.1) is 0 Å². The Labute approximate surface area is 154 Å². The SMILES string of the molecule is COC(=O)c1cccc(Cl)c1C#N.COC(=O)c1cccc(Cl)c1N. The summed E-state index contributed by atoms with van der Waals surface area (Å²) >= 11 is 11.4. The van der Waals surface area contributed by atoms with Crippen molar-refractivity contribution in [3.05, 3.63) is 63.1 Å². The smallest absolute Gasteiger partial charge is 0.340 e. The number of rotatable bonds is 2. The summed E-state index contributed by atoms with van der Waals surface area (Å²) in [5.74, 6) is -1.03. The Morgan fingerprint density at radius 2 is 1.44 bits per heavy atom. The number of methoxy groups -OCH3 is 2. The number of hydrogen-bond acceptors (Lipinski definition) is 6. The van der Waals surface area contributed by atoms with Crippen molar-refractivity contribution in [2.75, 3.05) is 20.0 Å². The molecule has 2 aromatic rings. The molecular formula is C17H14Cl2N2O4. The van der Waals surface area contributed by atoms with Crippen LogP contribution in [0.2, 0.25) is 10.0 Å². The molecule has 0 atom stereocenters. The second kappa shape index (κ2) is 9.52. The standard InChI is InChI=1S/C9H6ClNO2.C8H8ClNO2/c1-13-9(12)6-3-2-4-8(10)7(6)5-11;1-12-8(11)5-3-2-4-6(9)7(5)10/h2-4H,1H3;2-4H,10H2,1H3. The van der Waals surface area contributed by atoms with E-state index < -0.39 is 11.9 Å². The molecule has 6 nitrogen and oxygen atoms in total. The molecule has 0 saturated heterocycles. The lowest BCUT2D eigenvalue weighted by Gasteiger charge is -2.03. The van der Waals surface area contributed by atoms with Crippen LogP contribution in [-0.2, 0) is 9.47 Å². The lowest BCUT2D eigenvalue weighted by atomic mass is 10.1. The van der Waals surface area contributed by atoms with Gasteiger partial charge >= 0.3 is 11.9 Å². The van der Waals surface area contributed by atoms with Gasteiger partial charge in [-0.25, -0.2) is 9.59 Å². The average Bonchev–Trinajstić information content (AvgIpc) is 2.63. The van der Waals surface area contributed by atoms with E-state index in [1.54, 1.807) is 30.3 Å². The van der Waals surface area contributed by atoms with Crippen molar-refractivity contribution in [1.29, 1.82) is 5.26 Å².